The number of nitrogens with zero attached hydrogens (tertiary/aromatic N) is 1. The van der Waals surface area contributed by atoms with Crippen LogP contribution >= 0.6 is 0 Å². The fourth-order valence-corrected chi connectivity index (χ4v) is 2.68. The van der Waals surface area contributed by atoms with Crippen LogP contribution < -0.4 is 5.32 Å². The van der Waals surface area contributed by atoms with E-state index in [1.54, 1.807) is 4.90 Å². The number of piperidine rings is 1. The van der Waals surface area contributed by atoms with Crippen LogP contribution in [0.5, 0.6) is 0 Å². The number of hydrogen-bond donors (Lipinski definition) is 2. The van der Waals surface area contributed by atoms with E-state index in [1.165, 1.54) is 0 Å². The topological polar surface area (TPSA) is 69.6 Å². The van der Waals surface area contributed by atoms with Gasteiger partial charge in [-0.15, -0.1) is 0 Å². The van der Waals surface area contributed by atoms with Crippen molar-refractivity contribution in [2.45, 2.75) is 32.2 Å². The minimum atomic E-state index is -0.787. The Balaban J connectivity index is 1.90. The summed E-state index contributed by atoms with van der Waals surface area (Å²) in [7, 11) is 0. The van der Waals surface area contributed by atoms with Crippen molar-refractivity contribution in [2.75, 3.05) is 19.6 Å². The molecule has 2 heterocycles. The van der Waals surface area contributed by atoms with Crippen LogP contribution in [0.2, 0.25) is 0 Å². The summed E-state index contributed by atoms with van der Waals surface area (Å²) in [5, 5.41) is 12.1. The quantitative estimate of drug-likeness (QED) is 0.728. The van der Waals surface area contributed by atoms with Crippen molar-refractivity contribution in [3.8, 4) is 0 Å². The molecule has 2 N–H and O–H groups in total. The van der Waals surface area contributed by atoms with Crippen LogP contribution in [-0.4, -0.2) is 47.6 Å². The summed E-state index contributed by atoms with van der Waals surface area (Å²) in [6.07, 6.45) is 2.57. The van der Waals surface area contributed by atoms with Crippen LogP contribution in [-0.2, 0) is 9.59 Å². The van der Waals surface area contributed by atoms with Crippen LogP contribution in [0.1, 0.15) is 26.2 Å². The first-order valence-corrected chi connectivity index (χ1v) is 6.33. The summed E-state index contributed by atoms with van der Waals surface area (Å²) in [4.78, 5) is 24.7. The summed E-state index contributed by atoms with van der Waals surface area (Å²) >= 11 is 0. The SMILES string of the molecule is CC1CCNC(C(=O)N2CCC(C(=O)O)C2)C1. The van der Waals surface area contributed by atoms with Crippen molar-refractivity contribution >= 4 is 11.9 Å². The Morgan fingerprint density at radius 2 is 2.12 bits per heavy atom. The molecule has 0 spiro atoms. The lowest BCUT2D eigenvalue weighted by molar-refractivity contribution is -0.141. The van der Waals surface area contributed by atoms with E-state index >= 15 is 0 Å². The van der Waals surface area contributed by atoms with Gasteiger partial charge in [-0.3, -0.25) is 9.59 Å². The molecule has 3 atom stereocenters. The maximum Gasteiger partial charge on any atom is 0.308 e. The number of likely N-dealkylation sites (tertiary alicyclic amines) is 1. The first-order valence-electron chi connectivity index (χ1n) is 6.33. The third kappa shape index (κ3) is 2.77. The van der Waals surface area contributed by atoms with Crippen LogP contribution in [0.15, 0.2) is 0 Å². The van der Waals surface area contributed by atoms with E-state index in [4.69, 9.17) is 5.11 Å². The maximum absolute atomic E-state index is 12.2. The van der Waals surface area contributed by atoms with Gasteiger partial charge in [-0.1, -0.05) is 6.92 Å². The number of carbonyl (C=O) groups excluding carboxylic acids is 1. The molecule has 0 aliphatic carbocycles. The normalized spacial score (nSPS) is 33.7. The molecule has 0 saturated carbocycles. The number of aliphatic carboxylic acids is 1. The molecule has 0 bridgehead atoms. The maximum atomic E-state index is 12.2. The number of nitrogens with one attached hydrogen (secondary N) is 1. The minimum absolute atomic E-state index is 0.0836. The summed E-state index contributed by atoms with van der Waals surface area (Å²) in [5.41, 5.74) is 0. The number of carboxylic acid groups (broad SMARTS) is 1. The molecular formula is C12H20N2O3. The van der Waals surface area contributed by atoms with Crippen LogP contribution in [0.25, 0.3) is 0 Å². The smallest absolute Gasteiger partial charge is 0.308 e. The van der Waals surface area contributed by atoms with Crippen molar-refractivity contribution in [3.05, 3.63) is 0 Å². The Kier molecular flexibility index (Phi) is 3.66. The zero-order valence-electron chi connectivity index (χ0n) is 10.2. The molecular weight excluding hydrogens is 220 g/mol. The average Bonchev–Trinajstić information content (AvgIpc) is 2.77. The van der Waals surface area contributed by atoms with E-state index in [2.05, 4.69) is 12.2 Å². The van der Waals surface area contributed by atoms with Gasteiger partial charge in [-0.2, -0.15) is 0 Å². The highest BCUT2D eigenvalue weighted by Crippen LogP contribution is 2.21. The Morgan fingerprint density at radius 3 is 2.71 bits per heavy atom. The van der Waals surface area contributed by atoms with Gasteiger partial charge >= 0.3 is 5.97 Å². The lowest BCUT2D eigenvalue weighted by Crippen LogP contribution is -2.49. The van der Waals surface area contributed by atoms with Gasteiger partial charge < -0.3 is 15.3 Å². The Hall–Kier alpha value is -1.10. The molecule has 2 aliphatic heterocycles. The summed E-state index contributed by atoms with van der Waals surface area (Å²) < 4.78 is 0. The fourth-order valence-electron chi connectivity index (χ4n) is 2.68. The van der Waals surface area contributed by atoms with Crippen LogP contribution in [0.3, 0.4) is 0 Å². The molecule has 0 aromatic heterocycles. The summed E-state index contributed by atoms with van der Waals surface area (Å²) in [6, 6.07) is -0.105. The molecule has 1 amide bonds. The standard InChI is InChI=1S/C12H20N2O3/c1-8-2-4-13-10(6-8)11(15)14-5-3-9(7-14)12(16)17/h8-10,13H,2-7H2,1H3,(H,16,17). The average molecular weight is 240 g/mol. The zero-order valence-corrected chi connectivity index (χ0v) is 10.2. The first-order chi connectivity index (χ1) is 8.08. The van der Waals surface area contributed by atoms with Crippen molar-refractivity contribution in [1.29, 1.82) is 0 Å². The second-order valence-electron chi connectivity index (χ2n) is 5.24. The number of rotatable bonds is 2. The van der Waals surface area contributed by atoms with Gasteiger partial charge in [-0.05, 0) is 31.7 Å². The highest BCUT2D eigenvalue weighted by Gasteiger charge is 2.35. The number of hydrogen-bond acceptors (Lipinski definition) is 3. The minimum Gasteiger partial charge on any atom is -0.481 e. The van der Waals surface area contributed by atoms with Gasteiger partial charge in [0, 0.05) is 13.1 Å². The summed E-state index contributed by atoms with van der Waals surface area (Å²) in [6.45, 7) is 4.00. The molecule has 17 heavy (non-hydrogen) atoms. The zero-order chi connectivity index (χ0) is 12.4. The van der Waals surface area contributed by atoms with Crippen molar-refractivity contribution in [2.24, 2.45) is 11.8 Å². The van der Waals surface area contributed by atoms with Crippen LogP contribution in [0, 0.1) is 11.8 Å². The largest absolute Gasteiger partial charge is 0.481 e. The van der Waals surface area contributed by atoms with E-state index < -0.39 is 5.97 Å². The third-order valence-electron chi connectivity index (χ3n) is 3.81. The molecule has 96 valence electrons. The predicted molar refractivity (Wildman–Crippen MR) is 62.5 cm³/mol. The Bertz CT molecular complexity index is 319. The highest BCUT2D eigenvalue weighted by atomic mass is 16.4. The fraction of sp³-hybridized carbons (Fsp3) is 0.833. The van der Waals surface area contributed by atoms with Crippen molar-refractivity contribution < 1.29 is 14.7 Å². The van der Waals surface area contributed by atoms with E-state index in [-0.39, 0.29) is 17.9 Å². The lowest BCUT2D eigenvalue weighted by Gasteiger charge is -2.30. The molecule has 2 fully saturated rings. The molecule has 2 rings (SSSR count). The molecule has 0 aromatic carbocycles. The second-order valence-corrected chi connectivity index (χ2v) is 5.24. The van der Waals surface area contributed by atoms with Gasteiger partial charge in [-0.25, -0.2) is 0 Å². The Labute approximate surface area is 101 Å². The summed E-state index contributed by atoms with van der Waals surface area (Å²) in [5.74, 6) is -0.506. The highest BCUT2D eigenvalue weighted by molar-refractivity contribution is 5.83. The monoisotopic (exact) mass is 240 g/mol. The van der Waals surface area contributed by atoms with Gasteiger partial charge in [0.25, 0.3) is 0 Å². The molecule has 5 nitrogen and oxygen atoms in total. The van der Waals surface area contributed by atoms with Crippen molar-refractivity contribution in [1.82, 2.24) is 10.2 Å². The van der Waals surface area contributed by atoms with Gasteiger partial charge in [0.1, 0.15) is 0 Å². The molecule has 2 saturated heterocycles. The van der Waals surface area contributed by atoms with E-state index in [1.807, 2.05) is 0 Å². The van der Waals surface area contributed by atoms with Gasteiger partial charge in [0.15, 0.2) is 0 Å². The Morgan fingerprint density at radius 1 is 1.35 bits per heavy atom. The third-order valence-corrected chi connectivity index (χ3v) is 3.81. The number of carboxylic acids is 1. The van der Waals surface area contributed by atoms with Crippen molar-refractivity contribution in [3.63, 3.8) is 0 Å². The molecule has 5 heteroatoms. The second kappa shape index (κ2) is 5.04. The van der Waals surface area contributed by atoms with Crippen LogP contribution in [0.4, 0.5) is 0 Å². The lowest BCUT2D eigenvalue weighted by atomic mass is 9.93. The van der Waals surface area contributed by atoms with Gasteiger partial charge in [0.05, 0.1) is 12.0 Å². The number of amides is 1. The number of carbonyl (C=O) groups is 2. The molecule has 0 radical (unpaired) electrons. The molecule has 2 aliphatic rings. The van der Waals surface area contributed by atoms with Gasteiger partial charge in [0.2, 0.25) is 5.91 Å². The van der Waals surface area contributed by atoms with E-state index in [0.29, 0.717) is 25.4 Å². The molecule has 0 aromatic rings. The predicted octanol–water partition coefficient (Wildman–Crippen LogP) is 0.308. The van der Waals surface area contributed by atoms with E-state index in [9.17, 15) is 9.59 Å². The first kappa shape index (κ1) is 12.4. The molecule has 3 unspecified atom stereocenters. The van der Waals surface area contributed by atoms with E-state index in [0.717, 1.165) is 19.4 Å².